The van der Waals surface area contributed by atoms with Crippen molar-refractivity contribution in [3.63, 3.8) is 0 Å². The Morgan fingerprint density at radius 3 is 0.952 bits per heavy atom. The van der Waals surface area contributed by atoms with Gasteiger partial charge in [0.2, 0.25) is 0 Å². The van der Waals surface area contributed by atoms with E-state index < -0.39 is 0 Å². The van der Waals surface area contributed by atoms with Crippen LogP contribution in [-0.2, 0) is 0 Å². The van der Waals surface area contributed by atoms with E-state index in [0.29, 0.717) is 0 Å². The summed E-state index contributed by atoms with van der Waals surface area (Å²) in [5, 5.41) is 2.19. The van der Waals surface area contributed by atoms with Gasteiger partial charge in [-0.2, -0.15) is 0 Å². The second-order valence-electron chi connectivity index (χ2n) is 10.5. The highest BCUT2D eigenvalue weighted by Crippen LogP contribution is 2.44. The van der Waals surface area contributed by atoms with Crippen LogP contribution < -0.4 is 0 Å². The predicted molar refractivity (Wildman–Crippen MR) is 176 cm³/mol. The van der Waals surface area contributed by atoms with Crippen LogP contribution in [0.25, 0.3) is 77.3 Å². The quantitative estimate of drug-likeness (QED) is 0.210. The summed E-state index contributed by atoms with van der Waals surface area (Å²) < 4.78 is 0. The van der Waals surface area contributed by atoms with E-state index in [1.807, 2.05) is 0 Å². The first kappa shape index (κ1) is 24.2. The molecule has 0 saturated carbocycles. The van der Waals surface area contributed by atoms with Gasteiger partial charge >= 0.3 is 0 Å². The zero-order chi connectivity index (χ0) is 27.9. The molecule has 2 heterocycles. The van der Waals surface area contributed by atoms with Gasteiger partial charge in [-0.05, 0) is 22.3 Å². The normalized spacial score (nSPS) is 11.3. The summed E-state index contributed by atoms with van der Waals surface area (Å²) >= 11 is 0. The van der Waals surface area contributed by atoms with E-state index in [0.717, 1.165) is 77.3 Å². The second-order valence-corrected chi connectivity index (χ2v) is 10.5. The number of benzene rings is 6. The van der Waals surface area contributed by atoms with Crippen molar-refractivity contribution in [1.29, 1.82) is 0 Å². The molecule has 6 aromatic carbocycles. The van der Waals surface area contributed by atoms with Crippen LogP contribution in [0, 0.1) is 0 Å². The third-order valence-electron chi connectivity index (χ3n) is 8.05. The molecule has 0 atom stereocenters. The zero-order valence-corrected chi connectivity index (χ0v) is 22.9. The molecule has 42 heavy (non-hydrogen) atoms. The van der Waals surface area contributed by atoms with Crippen molar-refractivity contribution in [1.82, 2.24) is 9.97 Å². The summed E-state index contributed by atoms with van der Waals surface area (Å²) in [6, 6.07) is 55.4. The molecule has 0 aliphatic carbocycles. The topological polar surface area (TPSA) is 25.8 Å². The lowest BCUT2D eigenvalue weighted by Crippen LogP contribution is -1.98. The molecular formula is C40H26N2. The van der Waals surface area contributed by atoms with Gasteiger partial charge in [-0.3, -0.25) is 0 Å². The van der Waals surface area contributed by atoms with Gasteiger partial charge in [0.15, 0.2) is 0 Å². The lowest BCUT2D eigenvalue weighted by atomic mass is 9.90. The van der Waals surface area contributed by atoms with Gasteiger partial charge < -0.3 is 0 Å². The Kier molecular flexibility index (Phi) is 5.82. The molecule has 0 amide bonds. The fourth-order valence-electron chi connectivity index (χ4n) is 6.16. The highest BCUT2D eigenvalue weighted by atomic mass is 14.8. The summed E-state index contributed by atoms with van der Waals surface area (Å²) in [5.41, 5.74) is 12.8. The first-order valence-electron chi connectivity index (χ1n) is 14.3. The number of para-hydroxylation sites is 2. The van der Waals surface area contributed by atoms with Crippen molar-refractivity contribution >= 4 is 32.8 Å². The second kappa shape index (κ2) is 10.1. The molecule has 2 heteroatoms. The van der Waals surface area contributed by atoms with Gasteiger partial charge in [-0.1, -0.05) is 158 Å². The molecule has 196 valence electrons. The van der Waals surface area contributed by atoms with Gasteiger partial charge in [0.05, 0.1) is 22.1 Å². The van der Waals surface area contributed by atoms with E-state index in [1.54, 1.807) is 0 Å². The predicted octanol–water partition coefficient (Wildman–Crippen LogP) is 10.6. The van der Waals surface area contributed by atoms with E-state index in [2.05, 4.69) is 158 Å². The van der Waals surface area contributed by atoms with Crippen molar-refractivity contribution in [3.05, 3.63) is 158 Å². The van der Waals surface area contributed by atoms with Gasteiger partial charge in [-0.15, -0.1) is 0 Å². The molecule has 0 radical (unpaired) electrons. The Hall–Kier alpha value is -5.60. The Morgan fingerprint density at radius 2 is 0.595 bits per heavy atom. The van der Waals surface area contributed by atoms with Crippen LogP contribution in [0.2, 0.25) is 0 Å². The molecule has 8 aromatic rings. The first-order chi connectivity index (χ1) is 20.9. The highest BCUT2D eigenvalue weighted by molar-refractivity contribution is 6.19. The van der Waals surface area contributed by atoms with Crippen molar-refractivity contribution in [2.75, 3.05) is 0 Å². The molecule has 0 N–H and O–H groups in total. The summed E-state index contributed by atoms with van der Waals surface area (Å²) in [7, 11) is 0. The van der Waals surface area contributed by atoms with Crippen molar-refractivity contribution in [3.8, 4) is 44.5 Å². The number of fused-ring (bicyclic) bond motifs is 3. The zero-order valence-electron chi connectivity index (χ0n) is 22.9. The molecule has 8 rings (SSSR count). The third-order valence-corrected chi connectivity index (χ3v) is 8.05. The summed E-state index contributed by atoms with van der Waals surface area (Å²) in [5.74, 6) is 0. The smallest absolute Gasteiger partial charge is 0.0985 e. The number of rotatable bonds is 4. The van der Waals surface area contributed by atoms with Gasteiger partial charge in [-0.25, -0.2) is 9.97 Å². The van der Waals surface area contributed by atoms with Crippen molar-refractivity contribution < 1.29 is 0 Å². The third kappa shape index (κ3) is 3.96. The molecule has 2 aromatic heterocycles. The fourth-order valence-corrected chi connectivity index (χ4v) is 6.16. The van der Waals surface area contributed by atoms with Gasteiger partial charge in [0.1, 0.15) is 0 Å². The maximum absolute atomic E-state index is 5.51. The van der Waals surface area contributed by atoms with E-state index in [9.17, 15) is 0 Å². The molecule has 0 saturated heterocycles. The maximum Gasteiger partial charge on any atom is 0.0985 e. The van der Waals surface area contributed by atoms with Crippen LogP contribution in [0.5, 0.6) is 0 Å². The molecule has 0 spiro atoms. The molecule has 2 nitrogen and oxygen atoms in total. The van der Waals surface area contributed by atoms with Crippen LogP contribution in [0.4, 0.5) is 0 Å². The van der Waals surface area contributed by atoms with Gasteiger partial charge in [0, 0.05) is 33.0 Å². The minimum atomic E-state index is 0.911. The van der Waals surface area contributed by atoms with Crippen LogP contribution in [0.1, 0.15) is 0 Å². The van der Waals surface area contributed by atoms with E-state index in [4.69, 9.17) is 9.97 Å². The number of aromatic nitrogens is 2. The van der Waals surface area contributed by atoms with Crippen LogP contribution in [0.15, 0.2) is 158 Å². The Morgan fingerprint density at radius 1 is 0.262 bits per heavy atom. The van der Waals surface area contributed by atoms with Crippen LogP contribution in [-0.4, -0.2) is 9.97 Å². The van der Waals surface area contributed by atoms with E-state index >= 15 is 0 Å². The summed E-state index contributed by atoms with van der Waals surface area (Å²) in [6.07, 6.45) is 0. The molecule has 0 unspecified atom stereocenters. The number of pyridine rings is 2. The minimum absolute atomic E-state index is 0.911. The van der Waals surface area contributed by atoms with E-state index in [-0.39, 0.29) is 0 Å². The average Bonchev–Trinajstić information content (AvgIpc) is 3.07. The van der Waals surface area contributed by atoms with E-state index in [1.165, 1.54) is 0 Å². The molecular weight excluding hydrogens is 508 g/mol. The minimum Gasteiger partial charge on any atom is -0.245 e. The monoisotopic (exact) mass is 534 g/mol. The summed E-state index contributed by atoms with van der Waals surface area (Å²) in [6.45, 7) is 0. The number of hydrogen-bond donors (Lipinski definition) is 0. The number of nitrogens with zero attached hydrogens (tertiary/aromatic N) is 2. The fraction of sp³-hybridized carbons (Fsp3) is 0. The SMILES string of the molecule is c1ccc(-c2cccc3c(-c4ccccc4)c4nc5c(-c6ccccc6)cccc5c(-c5ccccc5)c4nc23)cc1. The molecule has 0 fully saturated rings. The molecule has 0 aliphatic heterocycles. The molecule has 0 bridgehead atoms. The standard InChI is InChI=1S/C40H26N2/c1-5-15-27(16-6-1)31-23-13-25-33-35(29-19-9-3-10-20-29)40-39(41-37(31)33)36(30-21-11-4-12-22-30)34-26-14-24-32(38(34)42-40)28-17-7-2-8-18-28/h1-26H. The lowest BCUT2D eigenvalue weighted by molar-refractivity contribution is 1.42. The Labute approximate surface area is 244 Å². The Balaban J connectivity index is 1.62. The first-order valence-corrected chi connectivity index (χ1v) is 14.3. The lowest BCUT2D eigenvalue weighted by Gasteiger charge is -2.18. The van der Waals surface area contributed by atoms with Crippen molar-refractivity contribution in [2.24, 2.45) is 0 Å². The van der Waals surface area contributed by atoms with Crippen LogP contribution >= 0.6 is 0 Å². The highest BCUT2D eigenvalue weighted by Gasteiger charge is 2.21. The summed E-state index contributed by atoms with van der Waals surface area (Å²) in [4.78, 5) is 11.0. The van der Waals surface area contributed by atoms with Gasteiger partial charge in [0.25, 0.3) is 0 Å². The van der Waals surface area contributed by atoms with Crippen molar-refractivity contribution in [2.45, 2.75) is 0 Å². The molecule has 0 aliphatic rings. The largest absolute Gasteiger partial charge is 0.245 e. The number of hydrogen-bond acceptors (Lipinski definition) is 2. The Bertz CT molecular complexity index is 2040. The maximum atomic E-state index is 5.51. The average molecular weight is 535 g/mol. The van der Waals surface area contributed by atoms with Crippen LogP contribution in [0.3, 0.4) is 0 Å².